The average molecular weight is 409 g/mol. The predicted octanol–water partition coefficient (Wildman–Crippen LogP) is 5.68. The van der Waals surface area contributed by atoms with Crippen LogP contribution in [0.4, 0.5) is 5.69 Å². The van der Waals surface area contributed by atoms with Crippen LogP contribution in [0.5, 0.6) is 0 Å². The van der Waals surface area contributed by atoms with Crippen molar-refractivity contribution in [3.05, 3.63) is 67.5 Å². The van der Waals surface area contributed by atoms with E-state index in [0.717, 1.165) is 75.1 Å². The maximum absolute atomic E-state index is 4.62. The predicted molar refractivity (Wildman–Crippen MR) is 124 cm³/mol. The van der Waals surface area contributed by atoms with Crippen LogP contribution in [0.15, 0.2) is 67.5 Å². The number of hydrogen-bond acceptors (Lipinski definition) is 5. The molecule has 5 aromatic heterocycles. The van der Waals surface area contributed by atoms with E-state index in [9.17, 15) is 0 Å². The number of unbranched alkanes of at least 4 members (excludes halogenated alkanes) is 1. The molecule has 0 aromatic carbocycles. The van der Waals surface area contributed by atoms with Gasteiger partial charge in [0.25, 0.3) is 0 Å². The minimum absolute atomic E-state index is 0.836. The van der Waals surface area contributed by atoms with E-state index in [0.29, 0.717) is 0 Å². The van der Waals surface area contributed by atoms with Gasteiger partial charge in [-0.2, -0.15) is 5.10 Å². The van der Waals surface area contributed by atoms with E-state index in [4.69, 9.17) is 0 Å². The third-order valence-electron chi connectivity index (χ3n) is 5.31. The standard InChI is InChI=1S/C24H23N7/c1-3-4-5-15(2)28-18-8-17(11-26-12-18)20-10-19-23(14-27-20)30-31-24(19)21-9-16-6-7-25-13-22(16)29-21/h6-14,28-29H,2-5H2,1H3,(H,30,31). The largest absolute Gasteiger partial charge is 0.358 e. The van der Waals surface area contributed by atoms with Gasteiger partial charge in [0.2, 0.25) is 0 Å². The SMILES string of the molecule is C=C(CCCC)Nc1cncc(-c2cc3c(-c4cc5ccncc5[nH]4)n[nH]c3cn2)c1. The number of nitrogens with one attached hydrogen (secondary N) is 3. The molecule has 7 nitrogen and oxygen atoms in total. The second kappa shape index (κ2) is 8.02. The number of fused-ring (bicyclic) bond motifs is 2. The molecule has 0 aliphatic rings. The summed E-state index contributed by atoms with van der Waals surface area (Å²) in [7, 11) is 0. The smallest absolute Gasteiger partial charge is 0.116 e. The van der Waals surface area contributed by atoms with Crippen molar-refractivity contribution < 1.29 is 0 Å². The minimum Gasteiger partial charge on any atom is -0.358 e. The van der Waals surface area contributed by atoms with E-state index < -0.39 is 0 Å². The topological polar surface area (TPSA) is 95.2 Å². The molecule has 0 spiro atoms. The number of aromatic nitrogens is 6. The van der Waals surface area contributed by atoms with E-state index in [1.54, 1.807) is 12.4 Å². The van der Waals surface area contributed by atoms with Gasteiger partial charge in [-0.25, -0.2) is 0 Å². The van der Waals surface area contributed by atoms with Crippen molar-refractivity contribution >= 4 is 27.5 Å². The Bertz CT molecular complexity index is 1350. The second-order valence-corrected chi connectivity index (χ2v) is 7.63. The van der Waals surface area contributed by atoms with Gasteiger partial charge in [-0.15, -0.1) is 0 Å². The molecule has 3 N–H and O–H groups in total. The summed E-state index contributed by atoms with van der Waals surface area (Å²) in [5.74, 6) is 0. The molecule has 0 bridgehead atoms. The molecule has 5 rings (SSSR count). The lowest BCUT2D eigenvalue weighted by atomic mass is 10.1. The van der Waals surface area contributed by atoms with Crippen molar-refractivity contribution in [2.75, 3.05) is 5.32 Å². The number of aromatic amines is 2. The number of allylic oxidation sites excluding steroid dienone is 1. The van der Waals surface area contributed by atoms with Gasteiger partial charge in [0.05, 0.1) is 46.7 Å². The Morgan fingerprint density at radius 2 is 2.00 bits per heavy atom. The fourth-order valence-corrected chi connectivity index (χ4v) is 3.68. The highest BCUT2D eigenvalue weighted by molar-refractivity contribution is 5.96. The number of anilines is 1. The lowest BCUT2D eigenvalue weighted by Gasteiger charge is -2.10. The monoisotopic (exact) mass is 409 g/mol. The zero-order valence-corrected chi connectivity index (χ0v) is 17.3. The highest BCUT2D eigenvalue weighted by Crippen LogP contribution is 2.31. The second-order valence-electron chi connectivity index (χ2n) is 7.63. The van der Waals surface area contributed by atoms with E-state index in [1.807, 2.05) is 36.8 Å². The Kier molecular flexibility index (Phi) is 4.92. The molecule has 154 valence electrons. The van der Waals surface area contributed by atoms with Crippen molar-refractivity contribution in [1.82, 2.24) is 30.1 Å². The van der Waals surface area contributed by atoms with Gasteiger partial charge in [0.1, 0.15) is 5.69 Å². The maximum Gasteiger partial charge on any atom is 0.116 e. The van der Waals surface area contributed by atoms with Crippen LogP contribution < -0.4 is 5.32 Å². The van der Waals surface area contributed by atoms with Crippen LogP contribution in [0.1, 0.15) is 26.2 Å². The highest BCUT2D eigenvalue weighted by Gasteiger charge is 2.13. The summed E-state index contributed by atoms with van der Waals surface area (Å²) < 4.78 is 0. The molecule has 0 atom stereocenters. The molecule has 0 aliphatic heterocycles. The van der Waals surface area contributed by atoms with Gasteiger partial charge in [-0.1, -0.05) is 19.9 Å². The van der Waals surface area contributed by atoms with Gasteiger partial charge >= 0.3 is 0 Å². The summed E-state index contributed by atoms with van der Waals surface area (Å²) in [6, 6.07) is 8.16. The lowest BCUT2D eigenvalue weighted by Crippen LogP contribution is -1.99. The maximum atomic E-state index is 4.62. The first-order chi connectivity index (χ1) is 15.2. The summed E-state index contributed by atoms with van der Waals surface area (Å²) in [4.78, 5) is 16.6. The normalized spacial score (nSPS) is 11.3. The van der Waals surface area contributed by atoms with Crippen LogP contribution in [0, 0.1) is 0 Å². The van der Waals surface area contributed by atoms with Crippen molar-refractivity contribution in [3.63, 3.8) is 0 Å². The summed E-state index contributed by atoms with van der Waals surface area (Å²) in [6.07, 6.45) is 12.3. The van der Waals surface area contributed by atoms with E-state index in [1.165, 1.54) is 0 Å². The van der Waals surface area contributed by atoms with Crippen LogP contribution in [0.3, 0.4) is 0 Å². The van der Waals surface area contributed by atoms with Crippen molar-refractivity contribution in [3.8, 4) is 22.6 Å². The zero-order valence-electron chi connectivity index (χ0n) is 17.3. The molecular formula is C24H23N7. The van der Waals surface area contributed by atoms with Crippen molar-refractivity contribution in [2.24, 2.45) is 0 Å². The number of rotatable bonds is 7. The van der Waals surface area contributed by atoms with Gasteiger partial charge in [-0.3, -0.25) is 20.1 Å². The van der Waals surface area contributed by atoms with Gasteiger partial charge < -0.3 is 10.3 Å². The highest BCUT2D eigenvalue weighted by atomic mass is 15.1. The third-order valence-corrected chi connectivity index (χ3v) is 5.31. The lowest BCUT2D eigenvalue weighted by molar-refractivity contribution is 0.791. The van der Waals surface area contributed by atoms with Crippen molar-refractivity contribution in [1.29, 1.82) is 0 Å². The zero-order chi connectivity index (χ0) is 21.2. The van der Waals surface area contributed by atoms with E-state index >= 15 is 0 Å². The van der Waals surface area contributed by atoms with Crippen LogP contribution in [-0.2, 0) is 0 Å². The minimum atomic E-state index is 0.836. The molecule has 31 heavy (non-hydrogen) atoms. The number of hydrogen-bond donors (Lipinski definition) is 3. The van der Waals surface area contributed by atoms with Crippen LogP contribution in [-0.4, -0.2) is 30.1 Å². The number of pyridine rings is 3. The van der Waals surface area contributed by atoms with Gasteiger partial charge in [-0.05, 0) is 37.1 Å². The summed E-state index contributed by atoms with van der Waals surface area (Å²) >= 11 is 0. The molecule has 0 unspecified atom stereocenters. The molecule has 0 radical (unpaired) electrons. The first kappa shape index (κ1) is 19.0. The quantitative estimate of drug-likeness (QED) is 0.321. The van der Waals surface area contributed by atoms with Crippen LogP contribution in [0.2, 0.25) is 0 Å². The van der Waals surface area contributed by atoms with Crippen LogP contribution >= 0.6 is 0 Å². The number of H-pyrrole nitrogens is 2. The Hall–Kier alpha value is -4.00. The third kappa shape index (κ3) is 3.77. The molecule has 0 saturated carbocycles. The van der Waals surface area contributed by atoms with Gasteiger partial charge in [0, 0.05) is 34.4 Å². The molecule has 0 saturated heterocycles. The Labute approximate surface area is 179 Å². The van der Waals surface area contributed by atoms with Crippen molar-refractivity contribution in [2.45, 2.75) is 26.2 Å². The van der Waals surface area contributed by atoms with Crippen LogP contribution in [0.25, 0.3) is 44.5 Å². The molecule has 0 aliphatic carbocycles. The summed E-state index contributed by atoms with van der Waals surface area (Å²) in [5.41, 5.74) is 7.33. The summed E-state index contributed by atoms with van der Waals surface area (Å²) in [5, 5.41) is 13.1. The first-order valence-corrected chi connectivity index (χ1v) is 10.4. The number of nitrogens with zero attached hydrogens (tertiary/aromatic N) is 4. The average Bonchev–Trinajstić information content (AvgIpc) is 3.41. The fraction of sp³-hybridized carbons (Fsp3) is 0.167. The van der Waals surface area contributed by atoms with E-state index in [-0.39, 0.29) is 0 Å². The fourth-order valence-electron chi connectivity index (χ4n) is 3.68. The Morgan fingerprint density at radius 3 is 2.87 bits per heavy atom. The molecule has 7 heteroatoms. The molecule has 0 fully saturated rings. The summed E-state index contributed by atoms with van der Waals surface area (Å²) in [6.45, 7) is 6.29. The van der Waals surface area contributed by atoms with Gasteiger partial charge in [0.15, 0.2) is 0 Å². The molecule has 0 amide bonds. The molecule has 5 heterocycles. The Balaban J connectivity index is 1.49. The molecular weight excluding hydrogens is 386 g/mol. The molecule has 5 aromatic rings. The van der Waals surface area contributed by atoms with E-state index in [2.05, 4.69) is 55.0 Å². The first-order valence-electron chi connectivity index (χ1n) is 10.4. The Morgan fingerprint density at radius 1 is 1.06 bits per heavy atom.